The largest absolute Gasteiger partial charge is 0.491 e. The molecule has 2 aromatic rings. The number of hydrogen-bond acceptors (Lipinski definition) is 11. The molecule has 1 heterocycles. The van der Waals surface area contributed by atoms with Gasteiger partial charge < -0.3 is 27.0 Å². The van der Waals surface area contributed by atoms with Gasteiger partial charge in [-0.25, -0.2) is 9.97 Å². The minimum atomic E-state index is -3.61. The highest BCUT2D eigenvalue weighted by Crippen LogP contribution is 2.17. The van der Waals surface area contributed by atoms with E-state index in [1.54, 1.807) is 12.1 Å². The summed E-state index contributed by atoms with van der Waals surface area (Å²) in [7, 11) is -3.61. The monoisotopic (exact) mass is 529 g/mol. The Bertz CT molecular complexity index is 1150. The fourth-order valence-corrected chi connectivity index (χ4v) is 3.19. The summed E-state index contributed by atoms with van der Waals surface area (Å²) in [4.78, 5) is 23.8. The lowest BCUT2D eigenvalue weighted by atomic mass is 10.1. The standard InChI is InChI=1S/C20H28ClN7O6S/c1-35(31,32)34-11-13(29)10-33-14-7-5-12(6-8-14)4-2-3-9-25-20(24)28-19(30)15-17(22)27-18(23)16(21)26-15/h5-8,13,29H,2-4,9-11H2,1H3,(H4,22,23,27)(H3,24,25,28,30). The maximum atomic E-state index is 12.2. The van der Waals surface area contributed by atoms with Crippen LogP contribution in [0.5, 0.6) is 5.75 Å². The summed E-state index contributed by atoms with van der Waals surface area (Å²) in [6.07, 6.45) is 2.15. The molecule has 0 aliphatic carbocycles. The van der Waals surface area contributed by atoms with Crippen LogP contribution in [0.2, 0.25) is 5.15 Å². The SMILES string of the molecule is CS(=O)(=O)OCC(O)COc1ccc(CCCCN=C(N)NC(=O)c2nc(Cl)c(N)nc2N)cc1. The molecule has 35 heavy (non-hydrogen) atoms. The minimum Gasteiger partial charge on any atom is -0.491 e. The quantitative estimate of drug-likeness (QED) is 0.107. The second kappa shape index (κ2) is 13.0. The third-order valence-corrected chi connectivity index (χ3v) is 5.20. The number of benzene rings is 1. The molecule has 192 valence electrons. The third-order valence-electron chi connectivity index (χ3n) is 4.36. The number of anilines is 2. The van der Waals surface area contributed by atoms with Crippen LogP contribution in [0.1, 0.15) is 28.9 Å². The predicted molar refractivity (Wildman–Crippen MR) is 132 cm³/mol. The zero-order valence-corrected chi connectivity index (χ0v) is 20.6. The number of carbonyl (C=O) groups excluding carboxylic acids is 1. The number of ether oxygens (including phenoxy) is 1. The molecule has 0 fully saturated rings. The zero-order valence-electron chi connectivity index (χ0n) is 19.0. The normalized spacial score (nSPS) is 12.8. The number of aromatic nitrogens is 2. The molecule has 0 aliphatic heterocycles. The molecule has 0 saturated heterocycles. The average molecular weight is 530 g/mol. The van der Waals surface area contributed by atoms with Gasteiger partial charge in [0.1, 0.15) is 18.5 Å². The van der Waals surface area contributed by atoms with E-state index in [0.29, 0.717) is 12.3 Å². The summed E-state index contributed by atoms with van der Waals surface area (Å²) in [6.45, 7) is -0.0781. The Kier molecular flexibility index (Phi) is 10.4. The van der Waals surface area contributed by atoms with Gasteiger partial charge in [0.15, 0.2) is 28.4 Å². The lowest BCUT2D eigenvalue weighted by molar-refractivity contribution is 0.0652. The number of aliphatic hydroxyl groups is 1. The maximum absolute atomic E-state index is 12.2. The fourth-order valence-electron chi connectivity index (χ4n) is 2.66. The van der Waals surface area contributed by atoms with Gasteiger partial charge >= 0.3 is 0 Å². The van der Waals surface area contributed by atoms with Crippen LogP contribution < -0.4 is 27.3 Å². The van der Waals surface area contributed by atoms with Gasteiger partial charge in [0.05, 0.1) is 12.9 Å². The molecular weight excluding hydrogens is 502 g/mol. The van der Waals surface area contributed by atoms with Crippen LogP contribution in [0.4, 0.5) is 11.6 Å². The first-order valence-corrected chi connectivity index (χ1v) is 12.6. The smallest absolute Gasteiger partial charge is 0.280 e. The molecule has 1 amide bonds. The second-order valence-corrected chi connectivity index (χ2v) is 9.41. The van der Waals surface area contributed by atoms with Crippen molar-refractivity contribution in [2.75, 3.05) is 37.5 Å². The molecule has 0 bridgehead atoms. The summed E-state index contributed by atoms with van der Waals surface area (Å²) in [6, 6.07) is 7.28. The van der Waals surface area contributed by atoms with Crippen molar-refractivity contribution in [3.05, 3.63) is 40.7 Å². The number of nitrogen functional groups attached to an aromatic ring is 2. The number of aryl methyl sites for hydroxylation is 1. The highest BCUT2D eigenvalue weighted by atomic mass is 35.5. The van der Waals surface area contributed by atoms with Gasteiger partial charge in [0, 0.05) is 6.54 Å². The third kappa shape index (κ3) is 10.3. The van der Waals surface area contributed by atoms with Crippen LogP contribution in [0, 0.1) is 0 Å². The molecule has 0 aliphatic rings. The van der Waals surface area contributed by atoms with Crippen LogP contribution in [-0.2, 0) is 20.7 Å². The zero-order chi connectivity index (χ0) is 26.0. The number of aliphatic imine (C=N–C) groups is 1. The molecule has 0 spiro atoms. The molecule has 2 rings (SSSR count). The number of rotatable bonds is 12. The lowest BCUT2D eigenvalue weighted by Crippen LogP contribution is -2.38. The van der Waals surface area contributed by atoms with E-state index < -0.39 is 22.1 Å². The summed E-state index contributed by atoms with van der Waals surface area (Å²) in [5, 5.41) is 11.9. The molecular formula is C20H28ClN7O6S. The highest BCUT2D eigenvalue weighted by Gasteiger charge is 2.16. The van der Waals surface area contributed by atoms with Gasteiger partial charge in [0.25, 0.3) is 16.0 Å². The van der Waals surface area contributed by atoms with Gasteiger partial charge in [-0.2, -0.15) is 8.42 Å². The number of nitrogens with one attached hydrogen (secondary N) is 1. The van der Waals surface area contributed by atoms with Crippen LogP contribution >= 0.6 is 11.6 Å². The Morgan fingerprint density at radius 2 is 1.86 bits per heavy atom. The van der Waals surface area contributed by atoms with E-state index in [2.05, 4.69) is 24.5 Å². The van der Waals surface area contributed by atoms with Crippen molar-refractivity contribution in [3.63, 3.8) is 0 Å². The molecule has 0 saturated carbocycles. The van der Waals surface area contributed by atoms with E-state index >= 15 is 0 Å². The van der Waals surface area contributed by atoms with Crippen LogP contribution in [0.3, 0.4) is 0 Å². The highest BCUT2D eigenvalue weighted by molar-refractivity contribution is 7.85. The number of aliphatic hydroxyl groups excluding tert-OH is 1. The van der Waals surface area contributed by atoms with Crippen molar-refractivity contribution in [2.24, 2.45) is 10.7 Å². The van der Waals surface area contributed by atoms with E-state index in [9.17, 15) is 18.3 Å². The lowest BCUT2D eigenvalue weighted by Gasteiger charge is -2.12. The number of guanidine groups is 1. The molecule has 0 radical (unpaired) electrons. The van der Waals surface area contributed by atoms with Crippen molar-refractivity contribution in [1.82, 2.24) is 15.3 Å². The van der Waals surface area contributed by atoms with Gasteiger partial charge in [-0.1, -0.05) is 23.7 Å². The van der Waals surface area contributed by atoms with Gasteiger partial charge in [-0.15, -0.1) is 0 Å². The summed E-state index contributed by atoms with van der Waals surface area (Å²) in [5.41, 5.74) is 17.7. The van der Waals surface area contributed by atoms with Crippen molar-refractivity contribution in [1.29, 1.82) is 0 Å². The van der Waals surface area contributed by atoms with Crippen LogP contribution in [-0.4, -0.2) is 67.5 Å². The molecule has 1 unspecified atom stereocenters. The summed E-state index contributed by atoms with van der Waals surface area (Å²) >= 11 is 5.76. The van der Waals surface area contributed by atoms with E-state index in [-0.39, 0.29) is 41.7 Å². The number of hydrogen-bond donors (Lipinski definition) is 5. The van der Waals surface area contributed by atoms with Gasteiger partial charge in [-0.05, 0) is 37.0 Å². The Hall–Kier alpha value is -3.20. The van der Waals surface area contributed by atoms with E-state index in [1.165, 1.54) is 0 Å². The summed E-state index contributed by atoms with van der Waals surface area (Å²) < 4.78 is 31.8. The maximum Gasteiger partial charge on any atom is 0.280 e. The Morgan fingerprint density at radius 1 is 1.17 bits per heavy atom. The number of unbranched alkanes of at least 4 members (excludes halogenated alkanes) is 1. The van der Waals surface area contributed by atoms with Crippen molar-refractivity contribution in [2.45, 2.75) is 25.4 Å². The van der Waals surface area contributed by atoms with Crippen molar-refractivity contribution < 1.29 is 27.2 Å². The number of amides is 1. The van der Waals surface area contributed by atoms with E-state index in [1.807, 2.05) is 12.1 Å². The Morgan fingerprint density at radius 3 is 2.51 bits per heavy atom. The van der Waals surface area contributed by atoms with E-state index in [0.717, 1.165) is 31.1 Å². The Labute approximate surface area is 207 Å². The second-order valence-electron chi connectivity index (χ2n) is 7.41. The molecule has 15 heteroatoms. The topological polar surface area (TPSA) is 218 Å². The van der Waals surface area contributed by atoms with E-state index in [4.69, 9.17) is 33.5 Å². The number of halogens is 1. The number of nitrogens with zero attached hydrogens (tertiary/aromatic N) is 3. The van der Waals surface area contributed by atoms with Crippen molar-refractivity contribution in [3.8, 4) is 5.75 Å². The van der Waals surface area contributed by atoms with Gasteiger partial charge in [-0.3, -0.25) is 19.3 Å². The van der Waals surface area contributed by atoms with Crippen molar-refractivity contribution >= 4 is 45.2 Å². The molecule has 1 aromatic heterocycles. The molecule has 13 nitrogen and oxygen atoms in total. The Balaban J connectivity index is 1.69. The molecule has 1 aromatic carbocycles. The minimum absolute atomic E-state index is 0.0830. The van der Waals surface area contributed by atoms with Gasteiger partial charge in [0.2, 0.25) is 0 Å². The summed E-state index contributed by atoms with van der Waals surface area (Å²) in [5.74, 6) is -0.509. The first-order valence-electron chi connectivity index (χ1n) is 10.4. The predicted octanol–water partition coefficient (Wildman–Crippen LogP) is 0.0777. The van der Waals surface area contributed by atoms with Crippen LogP contribution in [0.15, 0.2) is 29.3 Å². The molecule has 8 N–H and O–H groups in total. The first-order chi connectivity index (χ1) is 16.4. The van der Waals surface area contributed by atoms with Crippen LogP contribution in [0.25, 0.3) is 0 Å². The first kappa shape index (κ1) is 28.0. The number of carbonyl (C=O) groups is 1. The fraction of sp³-hybridized carbons (Fsp3) is 0.400. The number of nitrogens with two attached hydrogens (primary N) is 3. The molecule has 1 atom stereocenters. The average Bonchev–Trinajstić information content (AvgIpc) is 2.78.